The van der Waals surface area contributed by atoms with E-state index in [9.17, 15) is 4.39 Å². The van der Waals surface area contributed by atoms with Crippen LogP contribution in [0, 0.1) is 5.82 Å². The molecule has 0 saturated carbocycles. The lowest BCUT2D eigenvalue weighted by atomic mass is 10.1. The Hall–Kier alpha value is -1.25. The highest BCUT2D eigenvalue weighted by Gasteiger charge is 2.12. The molecular weight excluding hydrogens is 251 g/mol. The Morgan fingerprint density at radius 3 is 2.20 bits per heavy atom. The number of anilines is 2. The van der Waals surface area contributed by atoms with Crippen LogP contribution in [0.4, 0.5) is 15.8 Å². The smallest absolute Gasteiger partial charge is 0.148 e. The van der Waals surface area contributed by atoms with Gasteiger partial charge < -0.3 is 10.2 Å². The Balaban J connectivity index is 2.80. The van der Waals surface area contributed by atoms with Crippen LogP contribution in [0.3, 0.4) is 0 Å². The normalized spacial score (nSPS) is 11.2. The van der Waals surface area contributed by atoms with Gasteiger partial charge in [-0.25, -0.2) is 4.39 Å². The highest BCUT2D eigenvalue weighted by molar-refractivity contribution is 5.56. The molecule has 0 aliphatic heterocycles. The summed E-state index contributed by atoms with van der Waals surface area (Å²) < 4.78 is 14.2. The first-order chi connectivity index (χ1) is 9.49. The van der Waals surface area contributed by atoms with Crippen LogP contribution in [-0.4, -0.2) is 19.1 Å². The van der Waals surface area contributed by atoms with E-state index in [1.54, 1.807) is 6.07 Å². The third-order valence-corrected chi connectivity index (χ3v) is 3.75. The summed E-state index contributed by atoms with van der Waals surface area (Å²) in [6.45, 7) is 8.49. The molecule has 1 aromatic rings. The summed E-state index contributed by atoms with van der Waals surface area (Å²) in [6, 6.07) is 6.20. The predicted molar refractivity (Wildman–Crippen MR) is 87.2 cm³/mol. The van der Waals surface area contributed by atoms with E-state index < -0.39 is 0 Å². The van der Waals surface area contributed by atoms with Crippen LogP contribution in [-0.2, 0) is 0 Å². The maximum atomic E-state index is 14.2. The van der Waals surface area contributed by atoms with Crippen LogP contribution >= 0.6 is 0 Å². The predicted octanol–water partition coefficient (Wildman–Crippen LogP) is 5.05. The molecular formula is C17H29FN2. The lowest BCUT2D eigenvalue weighted by Gasteiger charge is -2.25. The number of halogens is 1. The van der Waals surface area contributed by atoms with Crippen molar-refractivity contribution in [3.63, 3.8) is 0 Å². The van der Waals surface area contributed by atoms with Gasteiger partial charge in [-0.05, 0) is 44.9 Å². The van der Waals surface area contributed by atoms with Gasteiger partial charge in [-0.15, -0.1) is 0 Å². The lowest BCUT2D eigenvalue weighted by Crippen LogP contribution is -2.26. The van der Waals surface area contributed by atoms with E-state index in [1.807, 2.05) is 24.1 Å². The summed E-state index contributed by atoms with van der Waals surface area (Å²) >= 11 is 0. The fourth-order valence-electron chi connectivity index (χ4n) is 2.38. The quantitative estimate of drug-likeness (QED) is 0.716. The number of benzene rings is 1. The van der Waals surface area contributed by atoms with E-state index in [2.05, 4.69) is 33.0 Å². The zero-order valence-electron chi connectivity index (χ0n) is 13.5. The summed E-state index contributed by atoms with van der Waals surface area (Å²) in [5.41, 5.74) is 1.54. The van der Waals surface area contributed by atoms with Gasteiger partial charge in [0, 0.05) is 24.8 Å². The molecule has 1 N–H and O–H groups in total. The lowest BCUT2D eigenvalue weighted by molar-refractivity contribution is 0.583. The maximum Gasteiger partial charge on any atom is 0.148 e. The average Bonchev–Trinajstić information content (AvgIpc) is 2.38. The number of hydrogen-bond donors (Lipinski definition) is 1. The number of hydrogen-bond acceptors (Lipinski definition) is 2. The van der Waals surface area contributed by atoms with Crippen molar-refractivity contribution in [3.05, 3.63) is 24.0 Å². The highest BCUT2D eigenvalue weighted by Crippen LogP contribution is 2.24. The molecule has 0 saturated heterocycles. The summed E-state index contributed by atoms with van der Waals surface area (Å²) in [6.07, 6.45) is 4.55. The first-order valence-electron chi connectivity index (χ1n) is 7.78. The van der Waals surface area contributed by atoms with Crippen LogP contribution in [0.15, 0.2) is 18.2 Å². The van der Waals surface area contributed by atoms with Crippen LogP contribution in [0.1, 0.15) is 53.4 Å². The number of nitrogens with zero attached hydrogens (tertiary/aromatic N) is 1. The monoisotopic (exact) mass is 280 g/mol. The minimum absolute atomic E-state index is 0.155. The number of nitrogens with one attached hydrogen (secondary N) is 1. The molecule has 0 fully saturated rings. The van der Waals surface area contributed by atoms with E-state index in [0.29, 0.717) is 11.7 Å². The van der Waals surface area contributed by atoms with Crippen molar-refractivity contribution in [2.45, 2.75) is 65.5 Å². The van der Waals surface area contributed by atoms with Crippen molar-refractivity contribution in [2.75, 3.05) is 17.3 Å². The summed E-state index contributed by atoms with van der Waals surface area (Å²) in [5.74, 6) is -0.155. The van der Waals surface area contributed by atoms with Gasteiger partial charge in [0.1, 0.15) is 5.82 Å². The Labute approximate surface area is 123 Å². The Kier molecular flexibility index (Phi) is 6.83. The molecule has 2 nitrogen and oxygen atoms in total. The van der Waals surface area contributed by atoms with Crippen LogP contribution < -0.4 is 10.2 Å². The van der Waals surface area contributed by atoms with E-state index in [1.165, 1.54) is 0 Å². The average molecular weight is 280 g/mol. The Bertz CT molecular complexity index is 398. The fraction of sp³-hybridized carbons (Fsp3) is 0.647. The summed E-state index contributed by atoms with van der Waals surface area (Å²) in [7, 11) is 1.92. The van der Waals surface area contributed by atoms with Crippen LogP contribution in [0.5, 0.6) is 0 Å². The standard InChI is InChI=1S/C17H29FN2/c1-6-8-14(9-7-2)19-15-10-11-17(16(18)12-15)20(5)13(3)4/h10-14,19H,6-9H2,1-5H3. The van der Waals surface area contributed by atoms with Gasteiger partial charge in [0.05, 0.1) is 5.69 Å². The molecule has 0 spiro atoms. The second-order valence-electron chi connectivity index (χ2n) is 5.79. The van der Waals surface area contributed by atoms with E-state index in [0.717, 1.165) is 31.4 Å². The van der Waals surface area contributed by atoms with E-state index in [4.69, 9.17) is 0 Å². The molecule has 0 atom stereocenters. The largest absolute Gasteiger partial charge is 0.382 e. The highest BCUT2D eigenvalue weighted by atomic mass is 19.1. The minimum Gasteiger partial charge on any atom is -0.382 e. The van der Waals surface area contributed by atoms with Gasteiger partial charge in [0.25, 0.3) is 0 Å². The first-order valence-corrected chi connectivity index (χ1v) is 7.78. The summed E-state index contributed by atoms with van der Waals surface area (Å²) in [5, 5.41) is 3.46. The van der Waals surface area contributed by atoms with Gasteiger partial charge in [0.15, 0.2) is 0 Å². The topological polar surface area (TPSA) is 15.3 Å². The summed E-state index contributed by atoms with van der Waals surface area (Å²) in [4.78, 5) is 1.95. The molecule has 3 heteroatoms. The Morgan fingerprint density at radius 1 is 1.15 bits per heavy atom. The molecule has 0 amide bonds. The molecule has 0 aliphatic carbocycles. The SMILES string of the molecule is CCCC(CCC)Nc1ccc(N(C)C(C)C)c(F)c1. The van der Waals surface area contributed by atoms with Gasteiger partial charge in [-0.1, -0.05) is 26.7 Å². The second kappa shape index (κ2) is 8.13. The molecule has 114 valence electrons. The molecule has 0 aromatic heterocycles. The van der Waals surface area contributed by atoms with Crippen LogP contribution in [0.25, 0.3) is 0 Å². The molecule has 0 aliphatic rings. The van der Waals surface area contributed by atoms with Crippen molar-refractivity contribution in [2.24, 2.45) is 0 Å². The van der Waals surface area contributed by atoms with Crippen molar-refractivity contribution in [3.8, 4) is 0 Å². The third kappa shape index (κ3) is 4.69. The zero-order chi connectivity index (χ0) is 15.1. The van der Waals surface area contributed by atoms with Crippen molar-refractivity contribution >= 4 is 11.4 Å². The minimum atomic E-state index is -0.155. The van der Waals surface area contributed by atoms with Crippen LogP contribution in [0.2, 0.25) is 0 Å². The van der Waals surface area contributed by atoms with Gasteiger partial charge >= 0.3 is 0 Å². The third-order valence-electron chi connectivity index (χ3n) is 3.75. The number of rotatable bonds is 8. The van der Waals surface area contributed by atoms with Gasteiger partial charge in [-0.2, -0.15) is 0 Å². The van der Waals surface area contributed by atoms with Crippen molar-refractivity contribution in [1.29, 1.82) is 0 Å². The van der Waals surface area contributed by atoms with Crippen molar-refractivity contribution in [1.82, 2.24) is 0 Å². The Morgan fingerprint density at radius 2 is 1.75 bits per heavy atom. The fourth-order valence-corrected chi connectivity index (χ4v) is 2.38. The van der Waals surface area contributed by atoms with Gasteiger partial charge in [0.2, 0.25) is 0 Å². The van der Waals surface area contributed by atoms with E-state index >= 15 is 0 Å². The molecule has 1 aromatic carbocycles. The van der Waals surface area contributed by atoms with Crippen molar-refractivity contribution < 1.29 is 4.39 Å². The maximum absolute atomic E-state index is 14.2. The van der Waals surface area contributed by atoms with E-state index in [-0.39, 0.29) is 11.9 Å². The molecule has 0 bridgehead atoms. The second-order valence-corrected chi connectivity index (χ2v) is 5.79. The molecule has 1 rings (SSSR count). The first kappa shape index (κ1) is 16.8. The zero-order valence-corrected chi connectivity index (χ0v) is 13.5. The molecule has 20 heavy (non-hydrogen) atoms. The van der Waals surface area contributed by atoms with Gasteiger partial charge in [-0.3, -0.25) is 0 Å². The molecule has 0 heterocycles. The molecule has 0 radical (unpaired) electrons. The molecule has 0 unspecified atom stereocenters.